The number of nitrogens with one attached hydrogen (secondary N) is 1. The van der Waals surface area contributed by atoms with Crippen LogP contribution in [0.15, 0.2) is 60.7 Å². The molecule has 0 fully saturated rings. The summed E-state index contributed by atoms with van der Waals surface area (Å²) in [4.78, 5) is 34.6. The maximum Gasteiger partial charge on any atom is 0.340 e. The quantitative estimate of drug-likeness (QED) is 0.390. The molecule has 0 aliphatic rings. The van der Waals surface area contributed by atoms with Crippen LogP contribution in [0.5, 0.6) is 0 Å². The number of aryl methyl sites for hydroxylation is 1. The van der Waals surface area contributed by atoms with Gasteiger partial charge in [0, 0.05) is 34.9 Å². The van der Waals surface area contributed by atoms with Crippen molar-refractivity contribution in [2.24, 2.45) is 0 Å². The van der Waals surface area contributed by atoms with Crippen LogP contribution < -0.4 is 5.32 Å². The molecule has 8 nitrogen and oxygen atoms in total. The number of nitro benzene ring substituents is 1. The lowest BCUT2D eigenvalue weighted by Crippen LogP contribution is -2.21. The van der Waals surface area contributed by atoms with Crippen molar-refractivity contribution in [1.29, 1.82) is 0 Å². The molecule has 0 atom stereocenters. The Kier molecular flexibility index (Phi) is 5.73. The number of nitro groups is 1. The second kappa shape index (κ2) is 8.39. The molecule has 148 valence electrons. The molecular formula is C21H19N3O5. The van der Waals surface area contributed by atoms with Crippen molar-refractivity contribution in [1.82, 2.24) is 4.57 Å². The molecule has 0 saturated carbocycles. The van der Waals surface area contributed by atoms with Crippen LogP contribution in [0.2, 0.25) is 0 Å². The average molecular weight is 393 g/mol. The van der Waals surface area contributed by atoms with Gasteiger partial charge in [-0.15, -0.1) is 0 Å². The van der Waals surface area contributed by atoms with Gasteiger partial charge in [-0.05, 0) is 44.2 Å². The standard InChI is InChI=1S/C21H19N3O5/c1-14-12-19(15(2)23(14)17-6-4-3-5-7-17)21(26)29-13-20(25)22-16-8-10-18(11-9-16)24(27)28/h3-12H,13H2,1-2H3,(H,22,25). The number of carbonyl (C=O) groups excluding carboxylic acids is 2. The van der Waals surface area contributed by atoms with Gasteiger partial charge in [-0.25, -0.2) is 4.79 Å². The van der Waals surface area contributed by atoms with E-state index in [0.29, 0.717) is 11.3 Å². The van der Waals surface area contributed by atoms with Crippen molar-refractivity contribution in [3.8, 4) is 5.69 Å². The zero-order chi connectivity index (χ0) is 21.0. The number of benzene rings is 2. The molecule has 0 bridgehead atoms. The molecule has 1 N–H and O–H groups in total. The number of amides is 1. The summed E-state index contributed by atoms with van der Waals surface area (Å²) in [5.74, 6) is -1.14. The predicted octanol–water partition coefficient (Wildman–Crippen LogP) is 3.80. The van der Waals surface area contributed by atoms with E-state index >= 15 is 0 Å². The zero-order valence-corrected chi connectivity index (χ0v) is 15.9. The van der Waals surface area contributed by atoms with E-state index in [9.17, 15) is 19.7 Å². The van der Waals surface area contributed by atoms with E-state index in [1.807, 2.05) is 48.7 Å². The Morgan fingerprint density at radius 2 is 1.72 bits per heavy atom. The molecule has 3 aromatic rings. The highest BCUT2D eigenvalue weighted by Gasteiger charge is 2.19. The number of anilines is 1. The lowest BCUT2D eigenvalue weighted by Gasteiger charge is -2.10. The van der Waals surface area contributed by atoms with Gasteiger partial charge in [0.1, 0.15) is 0 Å². The number of esters is 1. The second-order valence-electron chi connectivity index (χ2n) is 6.38. The lowest BCUT2D eigenvalue weighted by atomic mass is 10.2. The Morgan fingerprint density at radius 1 is 1.07 bits per heavy atom. The third-order valence-electron chi connectivity index (χ3n) is 4.36. The van der Waals surface area contributed by atoms with Crippen molar-refractivity contribution in [3.05, 3.63) is 87.7 Å². The van der Waals surface area contributed by atoms with E-state index in [-0.39, 0.29) is 5.69 Å². The largest absolute Gasteiger partial charge is 0.452 e. The van der Waals surface area contributed by atoms with Gasteiger partial charge in [0.25, 0.3) is 11.6 Å². The van der Waals surface area contributed by atoms with Crippen molar-refractivity contribution < 1.29 is 19.2 Å². The Bertz CT molecular complexity index is 1060. The smallest absolute Gasteiger partial charge is 0.340 e. The van der Waals surface area contributed by atoms with Gasteiger partial charge in [-0.3, -0.25) is 14.9 Å². The fraction of sp³-hybridized carbons (Fsp3) is 0.143. The fourth-order valence-electron chi connectivity index (χ4n) is 3.02. The molecule has 1 amide bonds. The summed E-state index contributed by atoms with van der Waals surface area (Å²) in [5, 5.41) is 13.2. The number of non-ortho nitro benzene ring substituents is 1. The Hall–Kier alpha value is -3.94. The summed E-state index contributed by atoms with van der Waals surface area (Å²) in [7, 11) is 0. The summed E-state index contributed by atoms with van der Waals surface area (Å²) in [6.45, 7) is 3.23. The molecule has 0 aliphatic heterocycles. The maximum absolute atomic E-state index is 12.4. The van der Waals surface area contributed by atoms with Crippen molar-refractivity contribution in [2.45, 2.75) is 13.8 Å². The van der Waals surface area contributed by atoms with Gasteiger partial charge in [-0.1, -0.05) is 18.2 Å². The van der Waals surface area contributed by atoms with Crippen molar-refractivity contribution >= 4 is 23.3 Å². The molecule has 1 heterocycles. The fourth-order valence-corrected chi connectivity index (χ4v) is 3.02. The third kappa shape index (κ3) is 4.49. The number of nitrogens with zero attached hydrogens (tertiary/aromatic N) is 2. The monoisotopic (exact) mass is 393 g/mol. The molecule has 0 radical (unpaired) electrons. The minimum atomic E-state index is -0.598. The number of rotatable bonds is 6. The highest BCUT2D eigenvalue weighted by molar-refractivity contribution is 5.96. The Balaban J connectivity index is 1.63. The number of hydrogen-bond donors (Lipinski definition) is 1. The van der Waals surface area contributed by atoms with Gasteiger partial charge in [-0.2, -0.15) is 0 Å². The van der Waals surface area contributed by atoms with Crippen LogP contribution in [0.3, 0.4) is 0 Å². The van der Waals surface area contributed by atoms with Crippen LogP contribution in [0.4, 0.5) is 11.4 Å². The SMILES string of the molecule is Cc1cc(C(=O)OCC(=O)Nc2ccc([N+](=O)[O-])cc2)c(C)n1-c1ccccc1. The predicted molar refractivity (Wildman–Crippen MR) is 107 cm³/mol. The Morgan fingerprint density at radius 3 is 2.34 bits per heavy atom. The first-order chi connectivity index (χ1) is 13.9. The van der Waals surface area contributed by atoms with E-state index in [0.717, 1.165) is 17.1 Å². The summed E-state index contributed by atoms with van der Waals surface area (Å²) in [6.07, 6.45) is 0. The van der Waals surface area contributed by atoms with Crippen LogP contribution in [0, 0.1) is 24.0 Å². The van der Waals surface area contributed by atoms with Gasteiger partial charge < -0.3 is 14.6 Å². The molecule has 29 heavy (non-hydrogen) atoms. The highest BCUT2D eigenvalue weighted by atomic mass is 16.6. The molecule has 8 heteroatoms. The van der Waals surface area contributed by atoms with Crippen molar-refractivity contribution in [2.75, 3.05) is 11.9 Å². The summed E-state index contributed by atoms with van der Waals surface area (Å²) >= 11 is 0. The molecule has 0 aliphatic carbocycles. The summed E-state index contributed by atoms with van der Waals surface area (Å²) in [5.41, 5.74) is 3.19. The molecule has 0 spiro atoms. The van der Waals surface area contributed by atoms with Gasteiger partial charge in [0.2, 0.25) is 0 Å². The van der Waals surface area contributed by atoms with E-state index in [1.54, 1.807) is 6.07 Å². The van der Waals surface area contributed by atoms with E-state index in [2.05, 4.69) is 5.32 Å². The molecule has 1 aromatic heterocycles. The second-order valence-corrected chi connectivity index (χ2v) is 6.38. The first kappa shape index (κ1) is 19.8. The van der Waals surface area contributed by atoms with E-state index < -0.39 is 23.4 Å². The average Bonchev–Trinajstić information content (AvgIpc) is 3.01. The minimum Gasteiger partial charge on any atom is -0.452 e. The maximum atomic E-state index is 12.4. The van der Waals surface area contributed by atoms with Gasteiger partial charge in [0.05, 0.1) is 10.5 Å². The first-order valence-electron chi connectivity index (χ1n) is 8.82. The molecule has 2 aromatic carbocycles. The van der Waals surface area contributed by atoms with E-state index in [4.69, 9.17) is 4.74 Å². The molecule has 0 saturated heterocycles. The molecule has 3 rings (SSSR count). The molecular weight excluding hydrogens is 374 g/mol. The number of aromatic nitrogens is 1. The topological polar surface area (TPSA) is 103 Å². The third-order valence-corrected chi connectivity index (χ3v) is 4.36. The zero-order valence-electron chi connectivity index (χ0n) is 15.9. The lowest BCUT2D eigenvalue weighted by molar-refractivity contribution is -0.384. The summed E-state index contributed by atoms with van der Waals surface area (Å²) < 4.78 is 7.07. The normalized spacial score (nSPS) is 10.4. The van der Waals surface area contributed by atoms with Crippen LogP contribution in [0.1, 0.15) is 21.7 Å². The van der Waals surface area contributed by atoms with Crippen LogP contribution in [-0.2, 0) is 9.53 Å². The van der Waals surface area contributed by atoms with Crippen LogP contribution in [-0.4, -0.2) is 28.0 Å². The summed E-state index contributed by atoms with van der Waals surface area (Å²) in [6, 6.07) is 16.7. The van der Waals surface area contributed by atoms with Crippen LogP contribution >= 0.6 is 0 Å². The van der Waals surface area contributed by atoms with Gasteiger partial charge >= 0.3 is 5.97 Å². The Labute approximate surface area is 166 Å². The van der Waals surface area contributed by atoms with Gasteiger partial charge in [0.15, 0.2) is 6.61 Å². The number of para-hydroxylation sites is 1. The van der Waals surface area contributed by atoms with Crippen LogP contribution in [0.25, 0.3) is 5.69 Å². The number of hydrogen-bond acceptors (Lipinski definition) is 5. The minimum absolute atomic E-state index is 0.0804. The molecule has 0 unspecified atom stereocenters. The van der Waals surface area contributed by atoms with Crippen molar-refractivity contribution in [3.63, 3.8) is 0 Å². The number of ether oxygens (including phenoxy) is 1. The number of carbonyl (C=O) groups is 2. The van der Waals surface area contributed by atoms with E-state index in [1.165, 1.54) is 24.3 Å². The highest BCUT2D eigenvalue weighted by Crippen LogP contribution is 2.21. The first-order valence-corrected chi connectivity index (χ1v) is 8.82.